The molecule has 3 aromatic heterocycles. The van der Waals surface area contributed by atoms with Crippen LogP contribution < -0.4 is 10.6 Å². The molecule has 8 nitrogen and oxygen atoms in total. The Morgan fingerprint density at radius 2 is 1.83 bits per heavy atom. The van der Waals surface area contributed by atoms with E-state index in [1.165, 1.54) is 22.4 Å². The summed E-state index contributed by atoms with van der Waals surface area (Å²) in [6.07, 6.45) is -1.80. The van der Waals surface area contributed by atoms with Gasteiger partial charge in [-0.15, -0.1) is 23.1 Å². The minimum absolute atomic E-state index is 0.00974. The lowest BCUT2D eigenvalue weighted by Gasteiger charge is -2.45. The Morgan fingerprint density at radius 1 is 1.11 bits per heavy atom. The number of pyridine rings is 1. The van der Waals surface area contributed by atoms with Gasteiger partial charge in [-0.1, -0.05) is 17.7 Å². The Labute approximate surface area is 277 Å². The van der Waals surface area contributed by atoms with Gasteiger partial charge in [-0.3, -0.25) is 14.5 Å². The van der Waals surface area contributed by atoms with E-state index in [0.29, 0.717) is 26.1 Å². The highest BCUT2D eigenvalue weighted by Gasteiger charge is 2.41. The van der Waals surface area contributed by atoms with E-state index in [4.69, 9.17) is 16.3 Å². The van der Waals surface area contributed by atoms with Crippen molar-refractivity contribution in [1.29, 1.82) is 0 Å². The number of hydrogen-bond donors (Lipinski definition) is 0. The number of aromatic nitrogens is 3. The van der Waals surface area contributed by atoms with Crippen LogP contribution in [-0.2, 0) is 17.5 Å². The first-order valence-electron chi connectivity index (χ1n) is 14.8. The average Bonchev–Trinajstić information content (AvgIpc) is 3.28. The van der Waals surface area contributed by atoms with Crippen molar-refractivity contribution < 1.29 is 22.7 Å². The predicted octanol–water partition coefficient (Wildman–Crippen LogP) is 7.92. The van der Waals surface area contributed by atoms with Crippen molar-refractivity contribution in [1.82, 2.24) is 19.4 Å². The molecule has 5 heterocycles. The number of anilines is 1. The van der Waals surface area contributed by atoms with Crippen molar-refractivity contribution in [3.8, 4) is 10.4 Å². The maximum Gasteiger partial charge on any atom is 0.417 e. The van der Waals surface area contributed by atoms with Gasteiger partial charge in [0.25, 0.3) is 0 Å². The molecule has 0 bridgehead atoms. The van der Waals surface area contributed by atoms with E-state index in [-0.39, 0.29) is 54.4 Å². The number of carbonyl (C=O) groups excluding carboxylic acids is 1. The minimum atomic E-state index is -4.71. The second-order valence-electron chi connectivity index (χ2n) is 12.8. The Hall–Kier alpha value is -3.29. The number of carbonyl (C=O) groups is 1. The highest BCUT2D eigenvalue weighted by Crippen LogP contribution is 2.50. The van der Waals surface area contributed by atoms with Crippen LogP contribution >= 0.6 is 34.7 Å². The van der Waals surface area contributed by atoms with Gasteiger partial charge < -0.3 is 9.64 Å². The zero-order chi connectivity index (χ0) is 33.1. The summed E-state index contributed by atoms with van der Waals surface area (Å²) in [5.41, 5.74) is -0.760. The normalized spacial score (nSPS) is 20.6. The van der Waals surface area contributed by atoms with Crippen LogP contribution in [-0.4, -0.2) is 62.1 Å². The highest BCUT2D eigenvalue weighted by atomic mass is 35.5. The number of rotatable bonds is 3. The molecule has 1 fully saturated rings. The number of nitrogens with zero attached hydrogens (tertiary/aromatic N) is 5. The summed E-state index contributed by atoms with van der Waals surface area (Å²) in [6, 6.07) is 5.64. The molecule has 1 aromatic carbocycles. The summed E-state index contributed by atoms with van der Waals surface area (Å²) in [4.78, 5) is 39.9. The second-order valence-corrected chi connectivity index (χ2v) is 15.1. The molecule has 0 N–H and O–H groups in total. The molecular formula is C32H33ClF3N5O3S2. The van der Waals surface area contributed by atoms with Crippen LogP contribution in [0.15, 0.2) is 51.7 Å². The fraction of sp³-hybridized carbons (Fsp3) is 0.438. The summed E-state index contributed by atoms with van der Waals surface area (Å²) in [5.74, 6) is 0.390. The number of amides is 1. The standard InChI is InChI=1S/C32H33ClF3N5O3S2/c1-17-12-39(13-18(2)41(17)30(43)44-31(3,4)5)28-22-10-23(32(34,35)36)25(24-9-21(33)16-45-24)27-26(22)40(29(42)38-28)14-20(15-46-27)19-7-6-8-37-11-19/h6-11,16-18,20H,12-15H2,1-5H3/t17-,18+,20-/m0/s1. The summed E-state index contributed by atoms with van der Waals surface area (Å²) in [7, 11) is 0. The van der Waals surface area contributed by atoms with Crippen LogP contribution in [0.2, 0.25) is 5.02 Å². The second kappa shape index (κ2) is 12.1. The van der Waals surface area contributed by atoms with Crippen LogP contribution in [0.25, 0.3) is 21.3 Å². The zero-order valence-electron chi connectivity index (χ0n) is 25.9. The molecule has 0 saturated carbocycles. The van der Waals surface area contributed by atoms with Crippen molar-refractivity contribution in [2.45, 2.75) is 75.8 Å². The lowest BCUT2D eigenvalue weighted by atomic mass is 9.99. The van der Waals surface area contributed by atoms with Crippen molar-refractivity contribution in [3.05, 3.63) is 68.7 Å². The molecule has 4 aromatic rings. The highest BCUT2D eigenvalue weighted by molar-refractivity contribution is 7.99. The topological polar surface area (TPSA) is 80.6 Å². The predicted molar refractivity (Wildman–Crippen MR) is 176 cm³/mol. The molecule has 244 valence electrons. The van der Waals surface area contributed by atoms with Crippen molar-refractivity contribution in [3.63, 3.8) is 0 Å². The molecule has 3 atom stereocenters. The molecule has 2 aliphatic rings. The Bertz CT molecular complexity index is 1850. The van der Waals surface area contributed by atoms with Gasteiger partial charge in [-0.05, 0) is 58.4 Å². The maximum absolute atomic E-state index is 15.0. The third-order valence-corrected chi connectivity index (χ3v) is 10.7. The van der Waals surface area contributed by atoms with Gasteiger partial charge in [0.1, 0.15) is 11.4 Å². The monoisotopic (exact) mass is 691 g/mol. The third kappa shape index (κ3) is 6.21. The number of thioether (sulfide) groups is 1. The summed E-state index contributed by atoms with van der Waals surface area (Å²) in [6.45, 7) is 9.80. The van der Waals surface area contributed by atoms with E-state index < -0.39 is 29.1 Å². The van der Waals surface area contributed by atoms with Gasteiger partial charge in [-0.25, -0.2) is 9.59 Å². The van der Waals surface area contributed by atoms with E-state index >= 15 is 0 Å². The first-order chi connectivity index (χ1) is 21.6. The molecular weight excluding hydrogens is 659 g/mol. The largest absolute Gasteiger partial charge is 0.444 e. The van der Waals surface area contributed by atoms with Gasteiger partial charge >= 0.3 is 18.0 Å². The molecule has 0 unspecified atom stereocenters. The number of benzene rings is 1. The number of hydrogen-bond acceptors (Lipinski definition) is 8. The minimum Gasteiger partial charge on any atom is -0.444 e. The fourth-order valence-corrected chi connectivity index (χ4v) is 8.89. The molecule has 46 heavy (non-hydrogen) atoms. The van der Waals surface area contributed by atoms with Crippen LogP contribution in [0.1, 0.15) is 51.7 Å². The summed E-state index contributed by atoms with van der Waals surface area (Å²) >= 11 is 8.66. The lowest BCUT2D eigenvalue weighted by Crippen LogP contribution is -2.59. The van der Waals surface area contributed by atoms with E-state index in [0.717, 1.165) is 23.0 Å². The average molecular weight is 692 g/mol. The number of thiophene rings is 1. The third-order valence-electron chi connectivity index (χ3n) is 8.13. The Kier molecular flexibility index (Phi) is 8.56. The molecule has 1 amide bonds. The Morgan fingerprint density at radius 3 is 2.41 bits per heavy atom. The SMILES string of the molecule is C[C@@H]1CN(c2nc(=O)n3c4c(c(-c5cc(Cl)cs5)c(C(F)(F)F)cc24)SC[C@@H](c2cccnc2)C3)C[C@H](C)N1C(=O)OC(C)(C)C. The van der Waals surface area contributed by atoms with Crippen LogP contribution in [0.3, 0.4) is 0 Å². The molecule has 14 heteroatoms. The number of halogens is 4. The van der Waals surface area contributed by atoms with Gasteiger partial charge in [0, 0.05) is 69.8 Å². The van der Waals surface area contributed by atoms with Gasteiger partial charge in [0.05, 0.1) is 28.2 Å². The van der Waals surface area contributed by atoms with Crippen molar-refractivity contribution in [2.75, 3.05) is 23.7 Å². The van der Waals surface area contributed by atoms with Gasteiger partial charge in [0.2, 0.25) is 0 Å². The summed E-state index contributed by atoms with van der Waals surface area (Å²) < 4.78 is 52.1. The number of piperazine rings is 1. The summed E-state index contributed by atoms with van der Waals surface area (Å²) in [5, 5.41) is 2.18. The first-order valence-corrected chi connectivity index (χ1v) is 17.1. The molecule has 0 radical (unpaired) electrons. The molecule has 2 aliphatic heterocycles. The molecule has 0 aliphatic carbocycles. The zero-order valence-corrected chi connectivity index (χ0v) is 28.3. The quantitative estimate of drug-likeness (QED) is 0.216. The van der Waals surface area contributed by atoms with Crippen LogP contribution in [0, 0.1) is 0 Å². The Balaban J connectivity index is 1.55. The van der Waals surface area contributed by atoms with Gasteiger partial charge in [0.15, 0.2) is 0 Å². The lowest BCUT2D eigenvalue weighted by molar-refractivity contribution is -0.137. The molecule has 1 saturated heterocycles. The van der Waals surface area contributed by atoms with E-state index in [9.17, 15) is 22.8 Å². The molecule has 0 spiro atoms. The van der Waals surface area contributed by atoms with Crippen molar-refractivity contribution >= 4 is 57.5 Å². The smallest absolute Gasteiger partial charge is 0.417 e. The molecule has 6 rings (SSSR count). The van der Waals surface area contributed by atoms with Crippen LogP contribution in [0.5, 0.6) is 0 Å². The van der Waals surface area contributed by atoms with Crippen LogP contribution in [0.4, 0.5) is 23.8 Å². The van der Waals surface area contributed by atoms with E-state index in [2.05, 4.69) is 9.97 Å². The van der Waals surface area contributed by atoms with E-state index in [1.54, 1.807) is 49.5 Å². The number of ether oxygens (including phenoxy) is 1. The van der Waals surface area contributed by atoms with Gasteiger partial charge in [-0.2, -0.15) is 18.2 Å². The first kappa shape index (κ1) is 32.6. The number of alkyl halides is 3. The fourth-order valence-electron chi connectivity index (χ4n) is 6.30. The van der Waals surface area contributed by atoms with E-state index in [1.807, 2.05) is 24.8 Å². The van der Waals surface area contributed by atoms with Crippen molar-refractivity contribution in [2.24, 2.45) is 0 Å². The maximum atomic E-state index is 15.0.